The Morgan fingerprint density at radius 3 is 2.21 bits per heavy atom. The van der Waals surface area contributed by atoms with E-state index < -0.39 is 5.97 Å². The Labute approximate surface area is 171 Å². The molecule has 1 heterocycles. The highest BCUT2D eigenvalue weighted by Gasteiger charge is 2.41. The number of carboxylic acid groups (broad SMARTS) is 1. The van der Waals surface area contributed by atoms with Crippen LogP contribution in [0.3, 0.4) is 0 Å². The van der Waals surface area contributed by atoms with Gasteiger partial charge in [0.1, 0.15) is 12.4 Å². The lowest BCUT2D eigenvalue weighted by Crippen LogP contribution is -2.33. The number of carbonyl (C=O) groups is 1. The molecule has 2 aromatic carbocycles. The number of aromatic carboxylic acids is 1. The average Bonchev–Trinajstić information content (AvgIpc) is 2.73. The molecule has 29 heavy (non-hydrogen) atoms. The molecule has 4 rings (SSSR count). The summed E-state index contributed by atoms with van der Waals surface area (Å²) in [5.74, 6) is 0.166. The van der Waals surface area contributed by atoms with Gasteiger partial charge in [-0.15, -0.1) is 0 Å². The summed E-state index contributed by atoms with van der Waals surface area (Å²) in [6.45, 7) is 2.77. The second-order valence-electron chi connectivity index (χ2n) is 8.05. The van der Waals surface area contributed by atoms with E-state index in [-0.39, 0.29) is 11.3 Å². The van der Waals surface area contributed by atoms with E-state index in [0.717, 1.165) is 11.4 Å². The van der Waals surface area contributed by atoms with Crippen molar-refractivity contribution in [2.75, 3.05) is 0 Å². The van der Waals surface area contributed by atoms with Gasteiger partial charge in [0.2, 0.25) is 0 Å². The Balaban J connectivity index is 1.55. The minimum Gasteiger partial charge on any atom is -0.487 e. The molecule has 1 aromatic heterocycles. The molecule has 1 fully saturated rings. The molecule has 4 nitrogen and oxygen atoms in total. The largest absolute Gasteiger partial charge is 0.487 e. The molecule has 3 aromatic rings. The molecule has 0 aliphatic heterocycles. The van der Waals surface area contributed by atoms with Crippen molar-refractivity contribution >= 4 is 5.97 Å². The number of benzene rings is 2. The molecule has 4 heteroatoms. The summed E-state index contributed by atoms with van der Waals surface area (Å²) in [4.78, 5) is 15.5. The Morgan fingerprint density at radius 2 is 1.69 bits per heavy atom. The molecule has 1 unspecified atom stereocenters. The lowest BCUT2D eigenvalue weighted by atomic mass is 9.59. The van der Waals surface area contributed by atoms with Crippen molar-refractivity contribution in [2.45, 2.75) is 38.7 Å². The van der Waals surface area contributed by atoms with E-state index in [1.54, 1.807) is 18.3 Å². The van der Waals surface area contributed by atoms with Crippen LogP contribution in [0.1, 0.15) is 59.3 Å². The van der Waals surface area contributed by atoms with Crippen LogP contribution in [0.25, 0.3) is 0 Å². The summed E-state index contributed by atoms with van der Waals surface area (Å²) in [7, 11) is 0. The highest BCUT2D eigenvalue weighted by Crippen LogP contribution is 2.53. The third-order valence-corrected chi connectivity index (χ3v) is 6.01. The number of rotatable bonds is 7. The Kier molecular flexibility index (Phi) is 5.34. The zero-order valence-corrected chi connectivity index (χ0v) is 16.5. The number of ether oxygens (including phenoxy) is 1. The van der Waals surface area contributed by atoms with Gasteiger partial charge in [0.15, 0.2) is 0 Å². The third-order valence-electron chi connectivity index (χ3n) is 6.01. The third kappa shape index (κ3) is 4.16. The molecule has 0 spiro atoms. The van der Waals surface area contributed by atoms with E-state index in [1.807, 2.05) is 42.5 Å². The molecule has 1 aliphatic carbocycles. The summed E-state index contributed by atoms with van der Waals surface area (Å²) in [6.07, 6.45) is 5.36. The second-order valence-corrected chi connectivity index (χ2v) is 8.05. The molecule has 0 amide bonds. The first-order valence-electron chi connectivity index (χ1n) is 10.0. The summed E-state index contributed by atoms with van der Waals surface area (Å²) < 4.78 is 5.87. The molecule has 1 atom stereocenters. The van der Waals surface area contributed by atoms with Gasteiger partial charge < -0.3 is 9.84 Å². The first kappa shape index (κ1) is 19.2. The van der Waals surface area contributed by atoms with Gasteiger partial charge in [-0.1, -0.05) is 43.7 Å². The van der Waals surface area contributed by atoms with E-state index in [0.29, 0.717) is 12.2 Å². The fraction of sp³-hybridized carbons (Fsp3) is 0.280. The van der Waals surface area contributed by atoms with Crippen molar-refractivity contribution < 1.29 is 14.6 Å². The highest BCUT2D eigenvalue weighted by molar-refractivity contribution is 5.87. The standard InChI is InChI=1S/C25H25NO3/c1-25(14-4-15-25)23(18-6-8-20(9-7-18)24(27)28)19-10-12-22(13-11-19)29-17-21-5-2-3-16-26-21/h2-3,5-13,16,23H,4,14-15,17H2,1H3,(H,27,28). The monoisotopic (exact) mass is 387 g/mol. The Bertz CT molecular complexity index is 961. The lowest BCUT2D eigenvalue weighted by Gasteiger charge is -2.46. The SMILES string of the molecule is CC1(C(c2ccc(OCc3ccccn3)cc2)c2ccc(C(=O)O)cc2)CCC1. The maximum absolute atomic E-state index is 11.2. The van der Waals surface area contributed by atoms with Gasteiger partial charge >= 0.3 is 5.97 Å². The topological polar surface area (TPSA) is 59.4 Å². The molecule has 1 saturated carbocycles. The predicted octanol–water partition coefficient (Wildman–Crippen LogP) is 5.68. The van der Waals surface area contributed by atoms with Crippen molar-refractivity contribution in [2.24, 2.45) is 5.41 Å². The number of hydrogen-bond donors (Lipinski definition) is 1. The van der Waals surface area contributed by atoms with Crippen LogP contribution in [-0.2, 0) is 6.61 Å². The maximum Gasteiger partial charge on any atom is 0.335 e. The molecule has 0 bridgehead atoms. The van der Waals surface area contributed by atoms with E-state index in [9.17, 15) is 9.90 Å². The van der Waals surface area contributed by atoms with Crippen LogP contribution in [0, 0.1) is 5.41 Å². The lowest BCUT2D eigenvalue weighted by molar-refractivity contribution is 0.0697. The minimum absolute atomic E-state index is 0.196. The zero-order chi connectivity index (χ0) is 20.3. The number of hydrogen-bond acceptors (Lipinski definition) is 3. The Hall–Kier alpha value is -3.14. The van der Waals surface area contributed by atoms with E-state index in [2.05, 4.69) is 24.0 Å². The zero-order valence-electron chi connectivity index (χ0n) is 16.5. The quantitative estimate of drug-likeness (QED) is 0.566. The summed E-state index contributed by atoms with van der Waals surface area (Å²) >= 11 is 0. The van der Waals surface area contributed by atoms with Crippen LogP contribution in [0.5, 0.6) is 5.75 Å². The van der Waals surface area contributed by atoms with Crippen LogP contribution in [0.2, 0.25) is 0 Å². The number of carboxylic acids is 1. The number of pyridine rings is 1. The van der Waals surface area contributed by atoms with Crippen LogP contribution in [-0.4, -0.2) is 16.1 Å². The van der Waals surface area contributed by atoms with E-state index >= 15 is 0 Å². The predicted molar refractivity (Wildman–Crippen MR) is 112 cm³/mol. The Morgan fingerprint density at radius 1 is 1.03 bits per heavy atom. The van der Waals surface area contributed by atoms with E-state index in [4.69, 9.17) is 4.74 Å². The first-order valence-corrected chi connectivity index (χ1v) is 10.0. The van der Waals surface area contributed by atoms with Crippen molar-refractivity contribution in [3.05, 3.63) is 95.3 Å². The smallest absolute Gasteiger partial charge is 0.335 e. The summed E-state index contributed by atoms with van der Waals surface area (Å²) in [5.41, 5.74) is 3.82. The van der Waals surface area contributed by atoms with Gasteiger partial charge in [-0.05, 0) is 65.8 Å². The van der Waals surface area contributed by atoms with Gasteiger partial charge in [-0.25, -0.2) is 4.79 Å². The molecular weight excluding hydrogens is 362 g/mol. The molecular formula is C25H25NO3. The van der Waals surface area contributed by atoms with Gasteiger partial charge in [0, 0.05) is 12.1 Å². The maximum atomic E-state index is 11.2. The fourth-order valence-electron chi connectivity index (χ4n) is 4.24. The molecule has 148 valence electrons. The fourth-order valence-corrected chi connectivity index (χ4v) is 4.24. The van der Waals surface area contributed by atoms with Crippen molar-refractivity contribution in [3.63, 3.8) is 0 Å². The van der Waals surface area contributed by atoms with Gasteiger partial charge in [-0.2, -0.15) is 0 Å². The van der Waals surface area contributed by atoms with Gasteiger partial charge in [0.05, 0.1) is 11.3 Å². The second kappa shape index (κ2) is 8.08. The first-order chi connectivity index (χ1) is 14.0. The summed E-state index contributed by atoms with van der Waals surface area (Å²) in [6, 6.07) is 21.4. The number of aromatic nitrogens is 1. The van der Waals surface area contributed by atoms with Crippen LogP contribution in [0.15, 0.2) is 72.9 Å². The van der Waals surface area contributed by atoms with Gasteiger partial charge in [0.25, 0.3) is 0 Å². The van der Waals surface area contributed by atoms with Crippen molar-refractivity contribution in [3.8, 4) is 5.75 Å². The molecule has 0 radical (unpaired) electrons. The molecule has 1 aliphatic rings. The number of nitrogens with zero attached hydrogens (tertiary/aromatic N) is 1. The highest BCUT2D eigenvalue weighted by atomic mass is 16.5. The van der Waals surface area contributed by atoms with Crippen molar-refractivity contribution in [1.29, 1.82) is 0 Å². The molecule has 0 saturated heterocycles. The van der Waals surface area contributed by atoms with Crippen LogP contribution in [0.4, 0.5) is 0 Å². The van der Waals surface area contributed by atoms with Crippen LogP contribution < -0.4 is 4.74 Å². The average molecular weight is 387 g/mol. The minimum atomic E-state index is -0.891. The van der Waals surface area contributed by atoms with Crippen molar-refractivity contribution in [1.82, 2.24) is 4.98 Å². The summed E-state index contributed by atoms with van der Waals surface area (Å²) in [5, 5.41) is 9.19. The van der Waals surface area contributed by atoms with E-state index in [1.165, 1.54) is 30.4 Å². The van der Waals surface area contributed by atoms with Gasteiger partial charge in [-0.3, -0.25) is 4.98 Å². The molecule has 1 N–H and O–H groups in total. The normalized spacial score (nSPS) is 15.9. The van der Waals surface area contributed by atoms with Crippen LogP contribution >= 0.6 is 0 Å².